The third-order valence-corrected chi connectivity index (χ3v) is 14.7. The Morgan fingerprint density at radius 3 is 0.851 bits per heavy atom. The molecular formula is C70H48N4. The first-order valence-electron chi connectivity index (χ1n) is 25.3. The molecule has 0 fully saturated rings. The second-order valence-corrected chi connectivity index (χ2v) is 18.9. The number of nitrogens with zero attached hydrogens (tertiary/aromatic N) is 4. The maximum Gasteiger partial charge on any atom is 0.0542 e. The van der Waals surface area contributed by atoms with E-state index in [1.54, 1.807) is 0 Å². The Morgan fingerprint density at radius 2 is 0.500 bits per heavy atom. The number of para-hydroxylation sites is 6. The van der Waals surface area contributed by atoms with E-state index < -0.39 is 0 Å². The number of benzene rings is 12. The van der Waals surface area contributed by atoms with Gasteiger partial charge in [-0.05, 0) is 154 Å². The molecule has 74 heavy (non-hydrogen) atoms. The van der Waals surface area contributed by atoms with Crippen LogP contribution >= 0.6 is 0 Å². The van der Waals surface area contributed by atoms with Gasteiger partial charge in [-0.25, -0.2) is 0 Å². The van der Waals surface area contributed by atoms with Gasteiger partial charge in [0.25, 0.3) is 0 Å². The zero-order valence-electron chi connectivity index (χ0n) is 40.5. The van der Waals surface area contributed by atoms with Crippen molar-refractivity contribution in [2.24, 2.45) is 0 Å². The van der Waals surface area contributed by atoms with Crippen molar-refractivity contribution < 1.29 is 0 Å². The van der Waals surface area contributed by atoms with E-state index in [-0.39, 0.29) is 0 Å². The Morgan fingerprint density at radius 1 is 0.203 bits per heavy atom. The van der Waals surface area contributed by atoms with Gasteiger partial charge in [0.1, 0.15) is 0 Å². The highest BCUT2D eigenvalue weighted by Gasteiger charge is 2.21. The lowest BCUT2D eigenvalue weighted by Crippen LogP contribution is -2.09. The number of hydrogen-bond donors (Lipinski definition) is 0. The second kappa shape index (κ2) is 18.1. The Bertz CT molecular complexity index is 4060. The van der Waals surface area contributed by atoms with Crippen molar-refractivity contribution in [1.82, 2.24) is 9.13 Å². The molecule has 0 aliphatic heterocycles. The molecule has 0 bridgehead atoms. The van der Waals surface area contributed by atoms with Crippen LogP contribution in [0.5, 0.6) is 0 Å². The molecule has 0 N–H and O–H groups in total. The molecule has 0 saturated heterocycles. The summed E-state index contributed by atoms with van der Waals surface area (Å²) in [5, 5.41) is 7.34. The van der Waals surface area contributed by atoms with E-state index in [9.17, 15) is 0 Å². The highest BCUT2D eigenvalue weighted by atomic mass is 15.1. The zero-order valence-corrected chi connectivity index (χ0v) is 40.5. The van der Waals surface area contributed by atoms with Gasteiger partial charge in [0.05, 0.1) is 22.1 Å². The van der Waals surface area contributed by atoms with Crippen LogP contribution in [0.25, 0.3) is 88.0 Å². The van der Waals surface area contributed by atoms with Gasteiger partial charge in [0.15, 0.2) is 0 Å². The van der Waals surface area contributed by atoms with E-state index in [1.165, 1.54) is 65.6 Å². The SMILES string of the molecule is c1ccc(N(c2ccccc2)c2ccc3c(c2)c2cc(N(c4ccccc4)c4ccccc4)ccc2n3-c2ccc(-c3ccc(-c4ccc(-n5c6ccccc6c6ccccc65)cc4)c4ccccc34)cc2)cc1. The summed E-state index contributed by atoms with van der Waals surface area (Å²) in [5.41, 5.74) is 18.3. The molecule has 0 amide bonds. The molecule has 12 aromatic carbocycles. The first-order chi connectivity index (χ1) is 36.7. The quantitative estimate of drug-likeness (QED) is 0.136. The van der Waals surface area contributed by atoms with Gasteiger partial charge in [0, 0.05) is 67.0 Å². The fourth-order valence-electron chi connectivity index (χ4n) is 11.3. The highest BCUT2D eigenvalue weighted by Crippen LogP contribution is 2.44. The van der Waals surface area contributed by atoms with Crippen LogP contribution in [0.4, 0.5) is 34.1 Å². The van der Waals surface area contributed by atoms with Crippen LogP contribution in [0, 0.1) is 0 Å². The molecule has 0 spiro atoms. The van der Waals surface area contributed by atoms with Crippen LogP contribution in [0.3, 0.4) is 0 Å². The summed E-state index contributed by atoms with van der Waals surface area (Å²) in [4.78, 5) is 4.69. The van der Waals surface area contributed by atoms with Gasteiger partial charge >= 0.3 is 0 Å². The Labute approximate surface area is 430 Å². The van der Waals surface area contributed by atoms with Crippen LogP contribution in [0.15, 0.2) is 291 Å². The molecule has 0 saturated carbocycles. The average Bonchev–Trinajstić information content (AvgIpc) is 3.99. The molecule has 14 aromatic rings. The third-order valence-electron chi connectivity index (χ3n) is 14.7. The van der Waals surface area contributed by atoms with E-state index in [0.717, 1.165) is 56.5 Å². The monoisotopic (exact) mass is 944 g/mol. The second-order valence-electron chi connectivity index (χ2n) is 18.9. The average molecular weight is 945 g/mol. The molecule has 2 aromatic heterocycles. The van der Waals surface area contributed by atoms with Gasteiger partial charge in [-0.15, -0.1) is 0 Å². The summed E-state index contributed by atoms with van der Waals surface area (Å²) in [7, 11) is 0. The molecule has 348 valence electrons. The van der Waals surface area contributed by atoms with E-state index in [2.05, 4.69) is 310 Å². The summed E-state index contributed by atoms with van der Waals surface area (Å²) in [6, 6.07) is 105. The van der Waals surface area contributed by atoms with E-state index in [0.29, 0.717) is 0 Å². The molecule has 0 atom stereocenters. The Balaban J connectivity index is 0.875. The van der Waals surface area contributed by atoms with Gasteiger partial charge in [-0.1, -0.05) is 170 Å². The molecule has 2 heterocycles. The predicted molar refractivity (Wildman–Crippen MR) is 313 cm³/mol. The van der Waals surface area contributed by atoms with Crippen molar-refractivity contribution in [2.45, 2.75) is 0 Å². The maximum absolute atomic E-state index is 2.43. The lowest BCUT2D eigenvalue weighted by molar-refractivity contribution is 1.18. The Hall–Kier alpha value is -9.90. The fourth-order valence-corrected chi connectivity index (χ4v) is 11.3. The van der Waals surface area contributed by atoms with Crippen molar-refractivity contribution in [2.75, 3.05) is 9.80 Å². The summed E-state index contributed by atoms with van der Waals surface area (Å²) >= 11 is 0. The number of fused-ring (bicyclic) bond motifs is 7. The minimum Gasteiger partial charge on any atom is -0.310 e. The van der Waals surface area contributed by atoms with Gasteiger partial charge in [-0.3, -0.25) is 0 Å². The largest absolute Gasteiger partial charge is 0.310 e. The van der Waals surface area contributed by atoms with E-state index >= 15 is 0 Å². The highest BCUT2D eigenvalue weighted by molar-refractivity contribution is 6.13. The fraction of sp³-hybridized carbons (Fsp3) is 0. The number of rotatable bonds is 10. The normalized spacial score (nSPS) is 11.5. The summed E-state index contributed by atoms with van der Waals surface area (Å²) in [6.07, 6.45) is 0. The molecule has 0 unspecified atom stereocenters. The van der Waals surface area contributed by atoms with Crippen molar-refractivity contribution in [3.05, 3.63) is 291 Å². The van der Waals surface area contributed by atoms with Crippen LogP contribution in [0.1, 0.15) is 0 Å². The lowest BCUT2D eigenvalue weighted by Gasteiger charge is -2.26. The lowest BCUT2D eigenvalue weighted by atomic mass is 9.92. The van der Waals surface area contributed by atoms with E-state index in [4.69, 9.17) is 0 Å². The first kappa shape index (κ1) is 42.9. The number of hydrogen-bond acceptors (Lipinski definition) is 2. The van der Waals surface area contributed by atoms with E-state index in [1.807, 2.05) is 0 Å². The minimum atomic E-state index is 1.09. The molecule has 0 aliphatic rings. The van der Waals surface area contributed by atoms with Gasteiger partial charge in [-0.2, -0.15) is 0 Å². The smallest absolute Gasteiger partial charge is 0.0542 e. The summed E-state index contributed by atoms with van der Waals surface area (Å²) < 4.78 is 4.81. The predicted octanol–water partition coefficient (Wildman–Crippen LogP) is 19.3. The van der Waals surface area contributed by atoms with Crippen molar-refractivity contribution in [1.29, 1.82) is 0 Å². The third kappa shape index (κ3) is 7.31. The molecule has 14 rings (SSSR count). The topological polar surface area (TPSA) is 16.3 Å². The summed E-state index contributed by atoms with van der Waals surface area (Å²) in [5.74, 6) is 0. The molecular weight excluding hydrogens is 897 g/mol. The van der Waals surface area contributed by atoms with Crippen molar-refractivity contribution >= 4 is 88.5 Å². The minimum absolute atomic E-state index is 1.09. The molecule has 0 aliphatic carbocycles. The van der Waals surface area contributed by atoms with Crippen LogP contribution < -0.4 is 9.80 Å². The van der Waals surface area contributed by atoms with Gasteiger partial charge < -0.3 is 18.9 Å². The Kier molecular flexibility index (Phi) is 10.5. The van der Waals surface area contributed by atoms with Crippen molar-refractivity contribution in [3.63, 3.8) is 0 Å². The molecule has 4 nitrogen and oxygen atoms in total. The standard InChI is InChI=1S/C70H48N4/c1-5-19-51(20-6-1)71(52-21-7-2-8-22-52)57-41-45-69-65(47-57)66-48-58(72(53-23-9-3-10-24-53)54-25-11-4-12-26-54)42-46-70(66)74(69)56-39-35-50(36-40-56)60-44-43-59(61-27-13-14-28-62(60)61)49-33-37-55(38-34-49)73-67-31-17-15-29-63(67)64-30-16-18-32-68(64)73/h1-48H. The molecule has 0 radical (unpaired) electrons. The number of anilines is 6. The zero-order chi connectivity index (χ0) is 49.0. The molecule has 4 heteroatoms. The summed E-state index contributed by atoms with van der Waals surface area (Å²) in [6.45, 7) is 0. The van der Waals surface area contributed by atoms with Gasteiger partial charge in [0.2, 0.25) is 0 Å². The van der Waals surface area contributed by atoms with Crippen LogP contribution in [-0.2, 0) is 0 Å². The number of aromatic nitrogens is 2. The van der Waals surface area contributed by atoms with Crippen molar-refractivity contribution in [3.8, 4) is 33.6 Å². The van der Waals surface area contributed by atoms with Crippen LogP contribution in [-0.4, -0.2) is 9.13 Å². The maximum atomic E-state index is 2.43. The first-order valence-corrected chi connectivity index (χ1v) is 25.3. The van der Waals surface area contributed by atoms with Crippen LogP contribution in [0.2, 0.25) is 0 Å².